The molecule has 1 rings (SSSR count). The second-order valence-corrected chi connectivity index (χ2v) is 3.31. The van der Waals surface area contributed by atoms with Crippen molar-refractivity contribution in [2.75, 3.05) is 20.1 Å². The van der Waals surface area contributed by atoms with Crippen molar-refractivity contribution in [1.29, 1.82) is 0 Å². The van der Waals surface area contributed by atoms with Crippen LogP contribution < -0.4 is 5.73 Å². The summed E-state index contributed by atoms with van der Waals surface area (Å²) in [7, 11) is 2.09. The highest BCUT2D eigenvalue weighted by molar-refractivity contribution is 5.03. The lowest BCUT2D eigenvalue weighted by atomic mass is 10.2. The number of hydrogen-bond donors (Lipinski definition) is 1. The van der Waals surface area contributed by atoms with Gasteiger partial charge in [-0.25, -0.2) is 0 Å². The van der Waals surface area contributed by atoms with Gasteiger partial charge in [-0.05, 0) is 45.6 Å². The summed E-state index contributed by atoms with van der Waals surface area (Å²) < 4.78 is 5.32. The minimum absolute atomic E-state index is 0.335. The highest BCUT2D eigenvalue weighted by Crippen LogP contribution is 2.18. The molecule has 0 saturated heterocycles. The first-order chi connectivity index (χ1) is 6.25. The maximum absolute atomic E-state index is 5.45. The fourth-order valence-corrected chi connectivity index (χ4v) is 1.28. The molecule has 0 fully saturated rings. The van der Waals surface area contributed by atoms with Crippen LogP contribution in [0.5, 0.6) is 0 Å². The highest BCUT2D eigenvalue weighted by Gasteiger charge is 2.12. The van der Waals surface area contributed by atoms with E-state index in [4.69, 9.17) is 10.2 Å². The van der Waals surface area contributed by atoms with E-state index in [0.29, 0.717) is 6.04 Å². The Bertz CT molecular complexity index is 221. The van der Waals surface area contributed by atoms with Crippen molar-refractivity contribution < 1.29 is 4.42 Å². The SMILES string of the molecule is CC(c1ccco1)N(C)CCCN. The van der Waals surface area contributed by atoms with Crippen LogP contribution in [0.25, 0.3) is 0 Å². The second kappa shape index (κ2) is 5.04. The van der Waals surface area contributed by atoms with Crippen LogP contribution in [0.2, 0.25) is 0 Å². The molecule has 0 aliphatic rings. The van der Waals surface area contributed by atoms with Crippen LogP contribution in [0.15, 0.2) is 22.8 Å². The number of nitrogens with zero attached hydrogens (tertiary/aromatic N) is 1. The van der Waals surface area contributed by atoms with Crippen LogP contribution in [0, 0.1) is 0 Å². The molecular weight excluding hydrogens is 164 g/mol. The molecule has 0 radical (unpaired) electrons. The largest absolute Gasteiger partial charge is 0.468 e. The molecule has 0 saturated carbocycles. The lowest BCUT2D eigenvalue weighted by molar-refractivity contribution is 0.230. The Hall–Kier alpha value is -0.800. The summed E-state index contributed by atoms with van der Waals surface area (Å²) in [4.78, 5) is 2.24. The number of rotatable bonds is 5. The number of hydrogen-bond acceptors (Lipinski definition) is 3. The average Bonchev–Trinajstić information content (AvgIpc) is 2.65. The van der Waals surface area contributed by atoms with Crippen molar-refractivity contribution >= 4 is 0 Å². The van der Waals surface area contributed by atoms with E-state index in [1.54, 1.807) is 6.26 Å². The summed E-state index contributed by atoms with van der Waals surface area (Å²) in [6.07, 6.45) is 2.74. The Labute approximate surface area is 79.5 Å². The minimum Gasteiger partial charge on any atom is -0.468 e. The Morgan fingerprint density at radius 1 is 1.62 bits per heavy atom. The molecule has 0 aliphatic heterocycles. The minimum atomic E-state index is 0.335. The van der Waals surface area contributed by atoms with Gasteiger partial charge in [0.1, 0.15) is 5.76 Å². The Morgan fingerprint density at radius 2 is 2.38 bits per heavy atom. The van der Waals surface area contributed by atoms with Crippen LogP contribution in [0.3, 0.4) is 0 Å². The smallest absolute Gasteiger partial charge is 0.120 e. The molecular formula is C10H18N2O. The standard InChI is InChI=1S/C10H18N2O/c1-9(10-5-3-8-13-10)12(2)7-4-6-11/h3,5,8-9H,4,6-7,11H2,1-2H3. The van der Waals surface area contributed by atoms with Crippen molar-refractivity contribution in [3.8, 4) is 0 Å². The molecule has 0 amide bonds. The molecule has 1 aromatic rings. The first kappa shape index (κ1) is 10.3. The van der Waals surface area contributed by atoms with Crippen molar-refractivity contribution in [3.63, 3.8) is 0 Å². The normalized spacial score (nSPS) is 13.5. The first-order valence-electron chi connectivity index (χ1n) is 4.69. The lowest BCUT2D eigenvalue weighted by Gasteiger charge is -2.22. The van der Waals surface area contributed by atoms with Crippen molar-refractivity contribution in [2.24, 2.45) is 5.73 Å². The molecule has 3 heteroatoms. The van der Waals surface area contributed by atoms with E-state index < -0.39 is 0 Å². The Morgan fingerprint density at radius 3 is 2.92 bits per heavy atom. The van der Waals surface area contributed by atoms with Crippen LogP contribution in [0.4, 0.5) is 0 Å². The van der Waals surface area contributed by atoms with E-state index in [1.807, 2.05) is 12.1 Å². The van der Waals surface area contributed by atoms with Crippen LogP contribution in [0.1, 0.15) is 25.1 Å². The third-order valence-corrected chi connectivity index (χ3v) is 2.33. The van der Waals surface area contributed by atoms with E-state index >= 15 is 0 Å². The van der Waals surface area contributed by atoms with Gasteiger partial charge in [-0.1, -0.05) is 0 Å². The first-order valence-corrected chi connectivity index (χ1v) is 4.69. The third-order valence-electron chi connectivity index (χ3n) is 2.33. The Balaban J connectivity index is 2.43. The van der Waals surface area contributed by atoms with E-state index in [2.05, 4.69) is 18.9 Å². The van der Waals surface area contributed by atoms with E-state index in [0.717, 1.165) is 25.3 Å². The van der Waals surface area contributed by atoms with E-state index in [9.17, 15) is 0 Å². The van der Waals surface area contributed by atoms with Gasteiger partial charge in [0.25, 0.3) is 0 Å². The molecule has 0 bridgehead atoms. The summed E-state index contributed by atoms with van der Waals surface area (Å²) in [5.74, 6) is 1.01. The molecule has 0 aromatic carbocycles. The summed E-state index contributed by atoms with van der Waals surface area (Å²) >= 11 is 0. The molecule has 0 spiro atoms. The molecule has 1 unspecified atom stereocenters. The molecule has 3 nitrogen and oxygen atoms in total. The van der Waals surface area contributed by atoms with Gasteiger partial charge in [0.05, 0.1) is 12.3 Å². The van der Waals surface area contributed by atoms with Crippen molar-refractivity contribution in [3.05, 3.63) is 24.2 Å². The molecule has 1 aromatic heterocycles. The predicted octanol–water partition coefficient (Wildman–Crippen LogP) is 1.62. The van der Waals surface area contributed by atoms with Crippen molar-refractivity contribution in [1.82, 2.24) is 4.90 Å². The summed E-state index contributed by atoms with van der Waals surface area (Å²) in [5.41, 5.74) is 5.45. The highest BCUT2D eigenvalue weighted by atomic mass is 16.3. The molecule has 1 heterocycles. The Kier molecular flexibility index (Phi) is 3.99. The number of furan rings is 1. The zero-order chi connectivity index (χ0) is 9.68. The fraction of sp³-hybridized carbons (Fsp3) is 0.600. The van der Waals surface area contributed by atoms with E-state index in [1.165, 1.54) is 0 Å². The molecule has 13 heavy (non-hydrogen) atoms. The maximum Gasteiger partial charge on any atom is 0.120 e. The van der Waals surface area contributed by atoms with Gasteiger partial charge in [-0.3, -0.25) is 4.90 Å². The predicted molar refractivity (Wildman–Crippen MR) is 53.4 cm³/mol. The zero-order valence-corrected chi connectivity index (χ0v) is 8.36. The van der Waals surface area contributed by atoms with E-state index in [-0.39, 0.29) is 0 Å². The summed E-state index contributed by atoms with van der Waals surface area (Å²) in [6.45, 7) is 3.89. The van der Waals surface area contributed by atoms with Crippen LogP contribution >= 0.6 is 0 Å². The van der Waals surface area contributed by atoms with Gasteiger partial charge in [-0.2, -0.15) is 0 Å². The van der Waals surface area contributed by atoms with Gasteiger partial charge < -0.3 is 10.2 Å². The average molecular weight is 182 g/mol. The number of nitrogens with two attached hydrogens (primary N) is 1. The van der Waals surface area contributed by atoms with Crippen molar-refractivity contribution in [2.45, 2.75) is 19.4 Å². The van der Waals surface area contributed by atoms with Gasteiger partial charge in [0.2, 0.25) is 0 Å². The lowest BCUT2D eigenvalue weighted by Crippen LogP contribution is -2.24. The van der Waals surface area contributed by atoms with Crippen LogP contribution in [-0.4, -0.2) is 25.0 Å². The maximum atomic E-state index is 5.45. The zero-order valence-electron chi connectivity index (χ0n) is 8.36. The van der Waals surface area contributed by atoms with Gasteiger partial charge in [-0.15, -0.1) is 0 Å². The van der Waals surface area contributed by atoms with Crippen LogP contribution in [-0.2, 0) is 0 Å². The van der Waals surface area contributed by atoms with Gasteiger partial charge in [0, 0.05) is 0 Å². The topological polar surface area (TPSA) is 42.4 Å². The molecule has 1 atom stereocenters. The summed E-state index contributed by atoms with van der Waals surface area (Å²) in [6, 6.07) is 4.26. The monoisotopic (exact) mass is 182 g/mol. The molecule has 2 N–H and O–H groups in total. The molecule has 74 valence electrons. The second-order valence-electron chi connectivity index (χ2n) is 3.31. The van der Waals surface area contributed by atoms with Gasteiger partial charge >= 0.3 is 0 Å². The molecule has 0 aliphatic carbocycles. The third kappa shape index (κ3) is 2.86. The quantitative estimate of drug-likeness (QED) is 0.752. The van der Waals surface area contributed by atoms with Gasteiger partial charge in [0.15, 0.2) is 0 Å². The summed E-state index contributed by atoms with van der Waals surface area (Å²) in [5, 5.41) is 0. The fourth-order valence-electron chi connectivity index (χ4n) is 1.28.